The molecule has 0 saturated carbocycles. The zero-order valence-corrected chi connectivity index (χ0v) is 14.3. The Morgan fingerprint density at radius 3 is 2.74 bits per heavy atom. The number of quaternary nitrogens is 1. The van der Waals surface area contributed by atoms with E-state index in [1.54, 1.807) is 0 Å². The molecule has 1 aliphatic heterocycles. The molecule has 2 N–H and O–H groups in total. The molecule has 2 atom stereocenters. The van der Waals surface area contributed by atoms with E-state index in [0.717, 1.165) is 22.7 Å². The third-order valence-electron chi connectivity index (χ3n) is 4.52. The Morgan fingerprint density at radius 2 is 1.96 bits per heavy atom. The minimum absolute atomic E-state index is 0.154. The van der Waals surface area contributed by atoms with Crippen LogP contribution >= 0.6 is 11.6 Å². The Kier molecular flexibility index (Phi) is 4.69. The van der Waals surface area contributed by atoms with Crippen LogP contribution in [0, 0.1) is 0 Å². The lowest BCUT2D eigenvalue weighted by molar-refractivity contribution is -0.682. The summed E-state index contributed by atoms with van der Waals surface area (Å²) in [5.74, 6) is 0.154. The van der Waals surface area contributed by atoms with Crippen LogP contribution in [0.15, 0.2) is 48.5 Å². The van der Waals surface area contributed by atoms with Crippen molar-refractivity contribution in [1.29, 1.82) is 0 Å². The van der Waals surface area contributed by atoms with Crippen molar-refractivity contribution in [3.05, 3.63) is 64.7 Å². The Labute approximate surface area is 142 Å². The maximum Gasteiger partial charge on any atom is 0.282 e. The molecule has 2 aromatic carbocycles. The van der Waals surface area contributed by atoms with Crippen LogP contribution in [0.2, 0.25) is 5.02 Å². The van der Waals surface area contributed by atoms with E-state index in [1.165, 1.54) is 5.56 Å². The highest BCUT2D eigenvalue weighted by Crippen LogP contribution is 2.31. The lowest BCUT2D eigenvalue weighted by atomic mass is 10.1. The Bertz CT molecular complexity index is 716. The van der Waals surface area contributed by atoms with Gasteiger partial charge in [0.1, 0.15) is 6.04 Å². The molecule has 0 unspecified atom stereocenters. The quantitative estimate of drug-likeness (QED) is 0.920. The summed E-state index contributed by atoms with van der Waals surface area (Å²) < 4.78 is 0. The van der Waals surface area contributed by atoms with Crippen molar-refractivity contribution in [3.8, 4) is 0 Å². The van der Waals surface area contributed by atoms with Crippen LogP contribution < -0.4 is 10.2 Å². The van der Waals surface area contributed by atoms with Crippen LogP contribution in [-0.2, 0) is 11.2 Å². The van der Waals surface area contributed by atoms with E-state index in [9.17, 15) is 4.79 Å². The lowest BCUT2D eigenvalue weighted by Gasteiger charge is -2.22. The zero-order chi connectivity index (χ0) is 16.4. The fourth-order valence-electron chi connectivity index (χ4n) is 3.29. The maximum atomic E-state index is 12.7. The van der Waals surface area contributed by atoms with Gasteiger partial charge in [-0.15, -0.1) is 0 Å². The van der Waals surface area contributed by atoms with Gasteiger partial charge in [-0.25, -0.2) is 0 Å². The number of fused-ring (bicyclic) bond motifs is 1. The molecule has 0 radical (unpaired) electrons. The molecule has 0 aromatic heterocycles. The average Bonchev–Trinajstić information content (AvgIpc) is 2.88. The Morgan fingerprint density at radius 1 is 1.26 bits per heavy atom. The van der Waals surface area contributed by atoms with E-state index < -0.39 is 0 Å². The van der Waals surface area contributed by atoms with Crippen LogP contribution in [0.25, 0.3) is 0 Å². The summed E-state index contributed by atoms with van der Waals surface area (Å²) in [6, 6.07) is 16.4. The van der Waals surface area contributed by atoms with Gasteiger partial charge in [0.05, 0.1) is 0 Å². The molecule has 0 saturated heterocycles. The van der Waals surface area contributed by atoms with Crippen LogP contribution in [0.1, 0.15) is 31.0 Å². The molecule has 0 fully saturated rings. The smallest absolute Gasteiger partial charge is 0.282 e. The summed E-state index contributed by atoms with van der Waals surface area (Å²) in [7, 11) is 0. The first kappa shape index (κ1) is 16.0. The second-order valence-corrected chi connectivity index (χ2v) is 6.60. The third-order valence-corrected chi connectivity index (χ3v) is 4.86. The van der Waals surface area contributed by atoms with E-state index in [0.29, 0.717) is 6.54 Å². The van der Waals surface area contributed by atoms with E-state index in [1.807, 2.05) is 47.4 Å². The largest absolute Gasteiger partial charge is 0.332 e. The van der Waals surface area contributed by atoms with Crippen molar-refractivity contribution in [2.75, 3.05) is 11.4 Å². The van der Waals surface area contributed by atoms with Crippen molar-refractivity contribution in [3.63, 3.8) is 0 Å². The molecule has 120 valence electrons. The minimum atomic E-state index is 0.154. The normalized spacial score (nSPS) is 17.9. The predicted octanol–water partition coefficient (Wildman–Crippen LogP) is 2.94. The molecular formula is C19H22ClN2O+. The molecule has 23 heavy (non-hydrogen) atoms. The predicted molar refractivity (Wildman–Crippen MR) is 93.8 cm³/mol. The van der Waals surface area contributed by atoms with Crippen molar-refractivity contribution in [2.45, 2.75) is 32.4 Å². The number of halogens is 1. The molecule has 4 heteroatoms. The first-order chi connectivity index (χ1) is 11.1. The number of carbonyl (C=O) groups is 1. The van der Waals surface area contributed by atoms with Crippen molar-refractivity contribution in [2.24, 2.45) is 0 Å². The number of para-hydroxylation sites is 1. The van der Waals surface area contributed by atoms with E-state index in [-0.39, 0.29) is 18.0 Å². The van der Waals surface area contributed by atoms with Crippen molar-refractivity contribution in [1.82, 2.24) is 0 Å². The van der Waals surface area contributed by atoms with Gasteiger partial charge < -0.3 is 10.2 Å². The van der Waals surface area contributed by atoms with Crippen LogP contribution in [-0.4, -0.2) is 18.5 Å². The highest BCUT2D eigenvalue weighted by atomic mass is 35.5. The van der Waals surface area contributed by atoms with Crippen LogP contribution in [0.3, 0.4) is 0 Å². The molecule has 1 heterocycles. The number of hydrogen-bond donors (Lipinski definition) is 1. The van der Waals surface area contributed by atoms with E-state index in [2.05, 4.69) is 25.2 Å². The summed E-state index contributed by atoms with van der Waals surface area (Å²) in [6.45, 7) is 4.61. The molecule has 1 aliphatic rings. The van der Waals surface area contributed by atoms with Gasteiger partial charge in [-0.3, -0.25) is 4.79 Å². The maximum absolute atomic E-state index is 12.7. The number of hydrogen-bond acceptors (Lipinski definition) is 1. The van der Waals surface area contributed by atoms with Gasteiger partial charge in [0.25, 0.3) is 5.91 Å². The fourth-order valence-corrected chi connectivity index (χ4v) is 3.60. The average molecular weight is 330 g/mol. The molecule has 0 bridgehead atoms. The molecule has 3 rings (SSSR count). The molecule has 2 aromatic rings. The molecule has 0 aliphatic carbocycles. The fraction of sp³-hybridized carbons (Fsp3) is 0.316. The molecule has 1 amide bonds. The summed E-state index contributed by atoms with van der Waals surface area (Å²) in [4.78, 5) is 14.6. The summed E-state index contributed by atoms with van der Waals surface area (Å²) in [5.41, 5.74) is 3.38. The van der Waals surface area contributed by atoms with Crippen molar-refractivity contribution < 1.29 is 10.1 Å². The van der Waals surface area contributed by atoms with Gasteiger partial charge in [-0.05, 0) is 38.0 Å². The van der Waals surface area contributed by atoms with Crippen molar-refractivity contribution >= 4 is 23.2 Å². The van der Waals surface area contributed by atoms with E-state index >= 15 is 0 Å². The summed E-state index contributed by atoms with van der Waals surface area (Å²) in [6.07, 6.45) is 0.933. The lowest BCUT2D eigenvalue weighted by Crippen LogP contribution is -2.87. The number of nitrogens with two attached hydrogens (primary N) is 1. The highest BCUT2D eigenvalue weighted by molar-refractivity contribution is 6.31. The standard InChI is InChI=1S/C19H21ClN2O/c1-13-11-15-7-3-6-10-18(15)22(13)19(23)12-21-14(2)16-8-4-5-9-17(16)20/h3-10,13-14,21H,11-12H2,1-2H3/p+1/t13-,14+/m0/s1. The number of benzene rings is 2. The van der Waals surface area contributed by atoms with Gasteiger partial charge in [-0.2, -0.15) is 0 Å². The Balaban J connectivity index is 1.67. The summed E-state index contributed by atoms with van der Waals surface area (Å²) in [5, 5.41) is 2.81. The topological polar surface area (TPSA) is 36.9 Å². The first-order valence-corrected chi connectivity index (χ1v) is 8.43. The second kappa shape index (κ2) is 6.73. The van der Waals surface area contributed by atoms with E-state index in [4.69, 9.17) is 11.6 Å². The number of carbonyl (C=O) groups excluding carboxylic acids is 1. The molecular weight excluding hydrogens is 308 g/mol. The minimum Gasteiger partial charge on any atom is -0.332 e. The number of amides is 1. The SMILES string of the molecule is C[C@@H]([NH2+]CC(=O)N1c2ccccc2C[C@@H]1C)c1ccccc1Cl. The van der Waals surface area contributed by atoms with Gasteiger partial charge in [-0.1, -0.05) is 48.0 Å². The first-order valence-electron chi connectivity index (χ1n) is 8.05. The molecule has 0 spiro atoms. The number of anilines is 1. The third kappa shape index (κ3) is 3.26. The zero-order valence-electron chi connectivity index (χ0n) is 13.5. The monoisotopic (exact) mass is 329 g/mol. The Hall–Kier alpha value is -1.84. The van der Waals surface area contributed by atoms with Gasteiger partial charge in [0, 0.05) is 22.3 Å². The van der Waals surface area contributed by atoms with Crippen LogP contribution in [0.4, 0.5) is 5.69 Å². The highest BCUT2D eigenvalue weighted by Gasteiger charge is 2.31. The van der Waals surface area contributed by atoms with Crippen LogP contribution in [0.5, 0.6) is 0 Å². The second-order valence-electron chi connectivity index (χ2n) is 6.20. The van der Waals surface area contributed by atoms with Gasteiger partial charge >= 0.3 is 0 Å². The number of rotatable bonds is 4. The van der Waals surface area contributed by atoms with Gasteiger partial charge in [0.2, 0.25) is 0 Å². The number of nitrogens with zero attached hydrogens (tertiary/aromatic N) is 1. The van der Waals surface area contributed by atoms with Gasteiger partial charge in [0.15, 0.2) is 6.54 Å². The molecule has 3 nitrogen and oxygen atoms in total. The summed E-state index contributed by atoms with van der Waals surface area (Å²) >= 11 is 6.24.